The first-order chi connectivity index (χ1) is 9.78. The monoisotopic (exact) mass is 289 g/mol. The number of hydrogen-bond acceptors (Lipinski definition) is 5. The summed E-state index contributed by atoms with van der Waals surface area (Å²) in [4.78, 5) is 21.3. The van der Waals surface area contributed by atoms with E-state index in [0.29, 0.717) is 18.3 Å². The number of ether oxygens (including phenoxy) is 1. The van der Waals surface area contributed by atoms with Crippen LogP contribution >= 0.6 is 11.3 Å². The third kappa shape index (κ3) is 2.80. The molecule has 2 aromatic heterocycles. The van der Waals surface area contributed by atoms with Crippen molar-refractivity contribution in [2.75, 3.05) is 7.11 Å². The van der Waals surface area contributed by atoms with Crippen LogP contribution in [0.2, 0.25) is 0 Å². The Morgan fingerprint density at radius 1 is 1.55 bits per heavy atom. The van der Waals surface area contributed by atoms with E-state index in [1.54, 1.807) is 24.6 Å². The quantitative estimate of drug-likeness (QED) is 0.917. The molecule has 2 heterocycles. The number of thiophene rings is 1. The Kier molecular flexibility index (Phi) is 3.64. The zero-order chi connectivity index (χ0) is 13.9. The Balaban J connectivity index is 1.63. The van der Waals surface area contributed by atoms with Crippen molar-refractivity contribution in [3.05, 3.63) is 40.0 Å². The summed E-state index contributed by atoms with van der Waals surface area (Å²) in [5, 5.41) is 4.79. The molecule has 2 aromatic rings. The van der Waals surface area contributed by atoms with Crippen molar-refractivity contribution in [1.82, 2.24) is 15.3 Å². The van der Waals surface area contributed by atoms with Gasteiger partial charge in [0.1, 0.15) is 6.33 Å². The number of carbonyl (C=O) groups is 1. The molecule has 0 saturated heterocycles. The summed E-state index contributed by atoms with van der Waals surface area (Å²) in [6, 6.07) is 2.00. The van der Waals surface area contributed by atoms with Crippen molar-refractivity contribution in [2.45, 2.75) is 25.3 Å². The highest BCUT2D eigenvalue weighted by molar-refractivity contribution is 7.10. The standard InChI is InChI=1S/C14H15N3O2S/c1-19-14-11(5-15-8-17-14)6-16-13(18)10-4-12(20-7-10)9-2-3-9/h4-5,7-9H,2-3,6H2,1H3,(H,16,18). The fraction of sp³-hybridized carbons (Fsp3) is 0.357. The first-order valence-electron chi connectivity index (χ1n) is 6.47. The van der Waals surface area contributed by atoms with Crippen molar-refractivity contribution < 1.29 is 9.53 Å². The summed E-state index contributed by atoms with van der Waals surface area (Å²) in [6.45, 7) is 0.359. The van der Waals surface area contributed by atoms with Gasteiger partial charge < -0.3 is 10.1 Å². The fourth-order valence-electron chi connectivity index (χ4n) is 1.98. The molecule has 1 N–H and O–H groups in total. The van der Waals surface area contributed by atoms with Crippen molar-refractivity contribution in [3.63, 3.8) is 0 Å². The second-order valence-electron chi connectivity index (χ2n) is 4.75. The molecule has 0 aliphatic heterocycles. The molecular weight excluding hydrogens is 274 g/mol. The van der Waals surface area contributed by atoms with Gasteiger partial charge in [-0.15, -0.1) is 11.3 Å². The summed E-state index contributed by atoms with van der Waals surface area (Å²) >= 11 is 1.67. The maximum atomic E-state index is 12.1. The number of aromatic nitrogens is 2. The van der Waals surface area contributed by atoms with Gasteiger partial charge in [-0.1, -0.05) is 0 Å². The zero-order valence-corrected chi connectivity index (χ0v) is 11.9. The van der Waals surface area contributed by atoms with Crippen LogP contribution in [0.4, 0.5) is 0 Å². The third-order valence-corrected chi connectivity index (χ3v) is 4.34. The molecule has 1 amide bonds. The van der Waals surface area contributed by atoms with E-state index in [-0.39, 0.29) is 5.91 Å². The molecule has 20 heavy (non-hydrogen) atoms. The van der Waals surface area contributed by atoms with Crippen molar-refractivity contribution in [1.29, 1.82) is 0 Å². The van der Waals surface area contributed by atoms with E-state index in [0.717, 1.165) is 11.1 Å². The first kappa shape index (κ1) is 13.1. The van der Waals surface area contributed by atoms with Crippen molar-refractivity contribution >= 4 is 17.2 Å². The smallest absolute Gasteiger partial charge is 0.252 e. The van der Waals surface area contributed by atoms with Gasteiger partial charge in [-0.25, -0.2) is 9.97 Å². The maximum absolute atomic E-state index is 12.1. The molecule has 104 valence electrons. The van der Waals surface area contributed by atoms with E-state index in [1.165, 1.54) is 24.0 Å². The van der Waals surface area contributed by atoms with E-state index in [4.69, 9.17) is 4.74 Å². The molecule has 1 aliphatic rings. The molecule has 5 nitrogen and oxygen atoms in total. The zero-order valence-electron chi connectivity index (χ0n) is 11.1. The van der Waals surface area contributed by atoms with E-state index in [9.17, 15) is 4.79 Å². The second kappa shape index (κ2) is 5.58. The minimum atomic E-state index is -0.0703. The Hall–Kier alpha value is -1.95. The SMILES string of the molecule is COc1ncncc1CNC(=O)c1csc(C2CC2)c1. The first-order valence-corrected chi connectivity index (χ1v) is 7.35. The van der Waals surface area contributed by atoms with Crippen LogP contribution in [-0.4, -0.2) is 23.0 Å². The van der Waals surface area contributed by atoms with Gasteiger partial charge in [0.05, 0.1) is 18.2 Å². The number of amides is 1. The molecule has 0 atom stereocenters. The van der Waals surface area contributed by atoms with Gasteiger partial charge in [0, 0.05) is 23.0 Å². The van der Waals surface area contributed by atoms with E-state index >= 15 is 0 Å². The average molecular weight is 289 g/mol. The molecule has 1 saturated carbocycles. The highest BCUT2D eigenvalue weighted by atomic mass is 32.1. The number of nitrogens with one attached hydrogen (secondary N) is 1. The van der Waals surface area contributed by atoms with E-state index in [2.05, 4.69) is 15.3 Å². The molecule has 0 radical (unpaired) electrons. The Labute approximate surface area is 121 Å². The molecule has 3 rings (SSSR count). The van der Waals surface area contributed by atoms with Gasteiger partial charge in [-0.3, -0.25) is 4.79 Å². The van der Waals surface area contributed by atoms with Gasteiger partial charge in [0.15, 0.2) is 0 Å². The largest absolute Gasteiger partial charge is 0.481 e. The predicted molar refractivity (Wildman–Crippen MR) is 76.0 cm³/mol. The third-order valence-electron chi connectivity index (χ3n) is 3.24. The minimum absolute atomic E-state index is 0.0703. The summed E-state index contributed by atoms with van der Waals surface area (Å²) < 4.78 is 5.13. The van der Waals surface area contributed by atoms with Crippen molar-refractivity contribution in [3.8, 4) is 5.88 Å². The van der Waals surface area contributed by atoms with Gasteiger partial charge in [-0.2, -0.15) is 0 Å². The molecule has 1 fully saturated rings. The number of rotatable bonds is 5. The number of methoxy groups -OCH3 is 1. The molecule has 0 bridgehead atoms. The van der Waals surface area contributed by atoms with Crippen LogP contribution in [0.3, 0.4) is 0 Å². The highest BCUT2D eigenvalue weighted by Gasteiger charge is 2.25. The van der Waals surface area contributed by atoms with Gasteiger partial charge in [0.25, 0.3) is 5.91 Å². The molecule has 0 aromatic carbocycles. The van der Waals surface area contributed by atoms with Crippen LogP contribution in [-0.2, 0) is 6.54 Å². The van der Waals surface area contributed by atoms with E-state index in [1.807, 2.05) is 11.4 Å². The van der Waals surface area contributed by atoms with Gasteiger partial charge in [0.2, 0.25) is 5.88 Å². The molecule has 0 unspecified atom stereocenters. The van der Waals surface area contributed by atoms with Crippen LogP contribution in [0.15, 0.2) is 24.0 Å². The summed E-state index contributed by atoms with van der Waals surface area (Å²) in [6.07, 6.45) is 5.57. The topological polar surface area (TPSA) is 64.1 Å². The molecule has 1 aliphatic carbocycles. The summed E-state index contributed by atoms with van der Waals surface area (Å²) in [5.41, 5.74) is 1.49. The second-order valence-corrected chi connectivity index (χ2v) is 5.69. The number of carbonyl (C=O) groups excluding carboxylic acids is 1. The van der Waals surface area contributed by atoms with Crippen LogP contribution in [0.1, 0.15) is 39.6 Å². The minimum Gasteiger partial charge on any atom is -0.481 e. The van der Waals surface area contributed by atoms with Crippen LogP contribution in [0, 0.1) is 0 Å². The lowest BCUT2D eigenvalue weighted by atomic mass is 10.2. The van der Waals surface area contributed by atoms with Crippen LogP contribution < -0.4 is 10.1 Å². The normalized spacial score (nSPS) is 14.1. The lowest BCUT2D eigenvalue weighted by Crippen LogP contribution is -2.22. The lowest BCUT2D eigenvalue weighted by Gasteiger charge is -2.07. The molecule has 6 heteroatoms. The van der Waals surface area contributed by atoms with Crippen LogP contribution in [0.5, 0.6) is 5.88 Å². The van der Waals surface area contributed by atoms with Crippen LogP contribution in [0.25, 0.3) is 0 Å². The fourth-order valence-corrected chi connectivity index (χ4v) is 3.04. The lowest BCUT2D eigenvalue weighted by molar-refractivity contribution is 0.0951. The number of nitrogens with zero attached hydrogens (tertiary/aromatic N) is 2. The van der Waals surface area contributed by atoms with Gasteiger partial charge in [-0.05, 0) is 24.8 Å². The molecular formula is C14H15N3O2S. The maximum Gasteiger partial charge on any atom is 0.252 e. The highest BCUT2D eigenvalue weighted by Crippen LogP contribution is 2.42. The Morgan fingerprint density at radius 2 is 2.40 bits per heavy atom. The number of hydrogen-bond donors (Lipinski definition) is 1. The summed E-state index contributed by atoms with van der Waals surface area (Å²) in [7, 11) is 1.55. The Morgan fingerprint density at radius 3 is 3.15 bits per heavy atom. The predicted octanol–water partition coefficient (Wildman–Crippen LogP) is 2.35. The van der Waals surface area contributed by atoms with Crippen molar-refractivity contribution in [2.24, 2.45) is 0 Å². The Bertz CT molecular complexity index is 622. The average Bonchev–Trinajstić information content (AvgIpc) is 3.22. The van der Waals surface area contributed by atoms with Gasteiger partial charge >= 0.3 is 0 Å². The van der Waals surface area contributed by atoms with E-state index < -0.39 is 0 Å². The molecule has 0 spiro atoms. The summed E-state index contributed by atoms with van der Waals surface area (Å²) in [5.74, 6) is 1.10.